The fraction of sp³-hybridized carbons (Fsp3) is 0.154. The number of nitrogens with one attached hydrogen (secondary N) is 2. The zero-order valence-electron chi connectivity index (χ0n) is 10.7. The Morgan fingerprint density at radius 1 is 1.37 bits per heavy atom. The summed E-state index contributed by atoms with van der Waals surface area (Å²) in [5.74, 6) is -0.284. The molecule has 1 aromatic heterocycles. The molecule has 0 spiro atoms. The SMILES string of the molecule is CC(=O)NN=Cc1c(C)[nH]n(-c2ccccc2)c1=O. The molecule has 19 heavy (non-hydrogen) atoms. The molecule has 1 amide bonds. The number of hydrazone groups is 1. The Labute approximate surface area is 109 Å². The maximum absolute atomic E-state index is 12.2. The van der Waals surface area contributed by atoms with Gasteiger partial charge in [0.25, 0.3) is 5.56 Å². The first kappa shape index (κ1) is 12.8. The van der Waals surface area contributed by atoms with Crippen molar-refractivity contribution in [2.45, 2.75) is 13.8 Å². The first-order chi connectivity index (χ1) is 9.09. The van der Waals surface area contributed by atoms with E-state index < -0.39 is 0 Å². The lowest BCUT2D eigenvalue weighted by Gasteiger charge is -1.99. The number of aryl methyl sites for hydroxylation is 1. The predicted molar refractivity (Wildman–Crippen MR) is 72.5 cm³/mol. The van der Waals surface area contributed by atoms with Gasteiger partial charge in [0.1, 0.15) is 0 Å². The van der Waals surface area contributed by atoms with Gasteiger partial charge < -0.3 is 0 Å². The van der Waals surface area contributed by atoms with E-state index in [1.165, 1.54) is 17.8 Å². The van der Waals surface area contributed by atoms with Crippen LogP contribution in [0.25, 0.3) is 5.69 Å². The van der Waals surface area contributed by atoms with Gasteiger partial charge in [0.15, 0.2) is 0 Å². The highest BCUT2D eigenvalue weighted by atomic mass is 16.2. The summed E-state index contributed by atoms with van der Waals surface area (Å²) in [4.78, 5) is 22.9. The van der Waals surface area contributed by atoms with Gasteiger partial charge in [0, 0.05) is 12.6 Å². The highest BCUT2D eigenvalue weighted by Gasteiger charge is 2.10. The van der Waals surface area contributed by atoms with E-state index in [1.807, 2.05) is 30.3 Å². The van der Waals surface area contributed by atoms with Crippen LogP contribution in [0.4, 0.5) is 0 Å². The average molecular weight is 258 g/mol. The molecular weight excluding hydrogens is 244 g/mol. The normalized spacial score (nSPS) is 10.8. The number of carbonyl (C=O) groups excluding carboxylic acids is 1. The predicted octanol–water partition coefficient (Wildman–Crippen LogP) is 0.944. The monoisotopic (exact) mass is 258 g/mol. The van der Waals surface area contributed by atoms with Crippen molar-refractivity contribution in [3.63, 3.8) is 0 Å². The minimum Gasteiger partial charge on any atom is -0.295 e. The maximum atomic E-state index is 12.2. The average Bonchev–Trinajstić information content (AvgIpc) is 2.67. The molecule has 0 aliphatic rings. The fourth-order valence-corrected chi connectivity index (χ4v) is 1.66. The largest absolute Gasteiger partial charge is 0.295 e. The van der Waals surface area contributed by atoms with Crippen LogP contribution in [0.3, 0.4) is 0 Å². The van der Waals surface area contributed by atoms with E-state index in [1.54, 1.807) is 6.92 Å². The molecule has 0 unspecified atom stereocenters. The highest BCUT2D eigenvalue weighted by Crippen LogP contribution is 2.05. The number of nitrogens with zero attached hydrogens (tertiary/aromatic N) is 2. The lowest BCUT2D eigenvalue weighted by atomic mass is 10.3. The number of aromatic amines is 1. The van der Waals surface area contributed by atoms with Crippen molar-refractivity contribution in [2.75, 3.05) is 0 Å². The molecule has 1 aromatic carbocycles. The van der Waals surface area contributed by atoms with E-state index in [9.17, 15) is 9.59 Å². The van der Waals surface area contributed by atoms with Crippen LogP contribution < -0.4 is 11.0 Å². The van der Waals surface area contributed by atoms with Crippen molar-refractivity contribution >= 4 is 12.1 Å². The van der Waals surface area contributed by atoms with Crippen molar-refractivity contribution in [3.8, 4) is 5.69 Å². The number of H-pyrrole nitrogens is 1. The first-order valence-electron chi connectivity index (χ1n) is 5.76. The Morgan fingerprint density at radius 3 is 2.68 bits per heavy atom. The number of para-hydroxylation sites is 1. The van der Waals surface area contributed by atoms with Gasteiger partial charge in [-0.2, -0.15) is 5.10 Å². The molecular formula is C13H14N4O2. The van der Waals surface area contributed by atoms with Crippen molar-refractivity contribution in [1.82, 2.24) is 15.2 Å². The van der Waals surface area contributed by atoms with Crippen LogP contribution in [0.5, 0.6) is 0 Å². The van der Waals surface area contributed by atoms with E-state index in [2.05, 4.69) is 15.6 Å². The van der Waals surface area contributed by atoms with Crippen LogP contribution >= 0.6 is 0 Å². The third-order valence-corrected chi connectivity index (χ3v) is 2.55. The molecule has 98 valence electrons. The molecule has 0 aliphatic carbocycles. The van der Waals surface area contributed by atoms with Gasteiger partial charge in [0.05, 0.1) is 17.5 Å². The second-order valence-corrected chi connectivity index (χ2v) is 4.05. The van der Waals surface area contributed by atoms with Gasteiger partial charge in [-0.15, -0.1) is 0 Å². The Bertz CT molecular complexity index is 668. The summed E-state index contributed by atoms with van der Waals surface area (Å²) in [7, 11) is 0. The molecule has 2 N–H and O–H groups in total. The zero-order chi connectivity index (χ0) is 13.8. The van der Waals surface area contributed by atoms with E-state index in [4.69, 9.17) is 0 Å². The molecule has 0 radical (unpaired) electrons. The number of benzene rings is 1. The summed E-state index contributed by atoms with van der Waals surface area (Å²) in [5.41, 5.74) is 3.90. The van der Waals surface area contributed by atoms with Crippen molar-refractivity contribution < 1.29 is 4.79 Å². The summed E-state index contributed by atoms with van der Waals surface area (Å²) >= 11 is 0. The van der Waals surface area contributed by atoms with Gasteiger partial charge in [-0.1, -0.05) is 18.2 Å². The van der Waals surface area contributed by atoms with Crippen LogP contribution in [0.1, 0.15) is 18.2 Å². The molecule has 0 bridgehead atoms. The Kier molecular flexibility index (Phi) is 3.61. The van der Waals surface area contributed by atoms with Crippen LogP contribution in [-0.2, 0) is 4.79 Å². The third kappa shape index (κ3) is 2.79. The summed E-state index contributed by atoms with van der Waals surface area (Å²) in [6.07, 6.45) is 1.34. The zero-order valence-corrected chi connectivity index (χ0v) is 10.7. The van der Waals surface area contributed by atoms with Crippen LogP contribution in [0.15, 0.2) is 40.2 Å². The van der Waals surface area contributed by atoms with Gasteiger partial charge in [-0.05, 0) is 19.1 Å². The Morgan fingerprint density at radius 2 is 2.05 bits per heavy atom. The summed E-state index contributed by atoms with van der Waals surface area (Å²) in [6, 6.07) is 9.23. The molecule has 0 saturated heterocycles. The summed E-state index contributed by atoms with van der Waals surface area (Å²) in [6.45, 7) is 3.12. The smallest absolute Gasteiger partial charge is 0.280 e. The van der Waals surface area contributed by atoms with Crippen LogP contribution in [0.2, 0.25) is 0 Å². The van der Waals surface area contributed by atoms with E-state index in [-0.39, 0.29) is 11.5 Å². The maximum Gasteiger partial charge on any atom is 0.280 e. The number of hydrogen-bond donors (Lipinski definition) is 2. The number of aromatic nitrogens is 2. The number of rotatable bonds is 3. The highest BCUT2D eigenvalue weighted by molar-refractivity contribution is 5.82. The number of hydrogen-bond acceptors (Lipinski definition) is 3. The fourth-order valence-electron chi connectivity index (χ4n) is 1.66. The molecule has 0 aliphatic heterocycles. The van der Waals surface area contributed by atoms with Gasteiger partial charge in [-0.3, -0.25) is 14.7 Å². The molecule has 0 saturated carbocycles. The number of amides is 1. The minimum absolute atomic E-state index is 0.210. The van der Waals surface area contributed by atoms with Crippen molar-refractivity contribution in [2.24, 2.45) is 5.10 Å². The lowest BCUT2D eigenvalue weighted by molar-refractivity contribution is -0.118. The van der Waals surface area contributed by atoms with E-state index >= 15 is 0 Å². The minimum atomic E-state index is -0.284. The summed E-state index contributed by atoms with van der Waals surface area (Å²) < 4.78 is 1.43. The number of carbonyl (C=O) groups is 1. The third-order valence-electron chi connectivity index (χ3n) is 2.55. The quantitative estimate of drug-likeness (QED) is 0.635. The Balaban J connectivity index is 2.38. The Hall–Kier alpha value is -2.63. The molecule has 6 nitrogen and oxygen atoms in total. The van der Waals surface area contributed by atoms with Gasteiger partial charge >= 0.3 is 0 Å². The topological polar surface area (TPSA) is 79.2 Å². The van der Waals surface area contributed by atoms with Gasteiger partial charge in [0.2, 0.25) is 5.91 Å². The van der Waals surface area contributed by atoms with Crippen LogP contribution in [0, 0.1) is 6.92 Å². The van der Waals surface area contributed by atoms with Crippen LogP contribution in [-0.4, -0.2) is 21.9 Å². The molecule has 2 rings (SSSR count). The molecule has 2 aromatic rings. The lowest BCUT2D eigenvalue weighted by Crippen LogP contribution is -2.18. The van der Waals surface area contributed by atoms with Gasteiger partial charge in [-0.25, -0.2) is 10.1 Å². The molecule has 1 heterocycles. The van der Waals surface area contributed by atoms with Crippen molar-refractivity contribution in [3.05, 3.63) is 51.9 Å². The molecule has 0 atom stereocenters. The second-order valence-electron chi connectivity index (χ2n) is 4.05. The second kappa shape index (κ2) is 5.34. The standard InChI is InChI=1S/C13H14N4O2/c1-9-12(8-14-15-10(2)18)13(19)17(16-9)11-6-4-3-5-7-11/h3-8,16H,1-2H3,(H,15,18). The molecule has 6 heteroatoms. The van der Waals surface area contributed by atoms with Crippen molar-refractivity contribution in [1.29, 1.82) is 0 Å². The molecule has 0 fully saturated rings. The summed E-state index contributed by atoms with van der Waals surface area (Å²) in [5, 5.41) is 6.68. The first-order valence-corrected chi connectivity index (χ1v) is 5.76. The van der Waals surface area contributed by atoms with E-state index in [0.717, 1.165) is 5.69 Å². The van der Waals surface area contributed by atoms with E-state index in [0.29, 0.717) is 11.3 Å².